The Kier molecular flexibility index (Phi) is 15.5. The first-order valence-corrected chi connectivity index (χ1v) is 24.4. The van der Waals surface area contributed by atoms with Gasteiger partial charge in [-0.25, -0.2) is 18.7 Å². The number of unbranched alkanes of at least 4 members (excludes halogenated alkanes) is 1. The van der Waals surface area contributed by atoms with Gasteiger partial charge in [-0.2, -0.15) is 31.6 Å². The molecule has 3 aromatic heterocycles. The summed E-state index contributed by atoms with van der Waals surface area (Å²) in [4.78, 5) is 58.0. The number of thiocarbonyl (C=S) groups is 1. The Labute approximate surface area is 421 Å². The van der Waals surface area contributed by atoms with Crippen LogP contribution in [0.5, 0.6) is 5.75 Å². The van der Waals surface area contributed by atoms with Crippen molar-refractivity contribution in [1.29, 1.82) is 5.26 Å². The smallest absolute Gasteiger partial charge is 0.420 e. The van der Waals surface area contributed by atoms with Crippen molar-refractivity contribution in [2.24, 2.45) is 5.41 Å². The third-order valence-corrected chi connectivity index (χ3v) is 14.3. The van der Waals surface area contributed by atoms with Crippen molar-refractivity contribution in [3.63, 3.8) is 0 Å². The second kappa shape index (κ2) is 20.8. The number of aryl methyl sites for hydroxylation is 1. The number of carbonyl (C=O) groups is 3. The maximum Gasteiger partial charge on any atom is 0.420 e. The predicted octanol–water partition coefficient (Wildman–Crippen LogP) is 10.8. The van der Waals surface area contributed by atoms with Crippen LogP contribution in [0.2, 0.25) is 0 Å². The molecule has 72 heavy (non-hydrogen) atoms. The quantitative estimate of drug-likeness (QED) is 0.0605. The molecule has 0 saturated carbocycles. The zero-order chi connectivity index (χ0) is 52.7. The fraction of sp³-hybridized carbons (Fsp3) is 0.417. The second-order valence-electron chi connectivity index (χ2n) is 18.5. The van der Waals surface area contributed by atoms with Crippen LogP contribution in [0.4, 0.5) is 46.5 Å². The van der Waals surface area contributed by atoms with Crippen LogP contribution in [0.25, 0.3) is 21.8 Å². The summed E-state index contributed by atoms with van der Waals surface area (Å²) in [6.45, 7) is 10.2. The first-order chi connectivity index (χ1) is 33.7. The third kappa shape index (κ3) is 10.9. The highest BCUT2D eigenvalue weighted by molar-refractivity contribution is 7.81. The molecule has 3 amide bonds. The average Bonchev–Trinajstić information content (AvgIpc) is 4.11. The molecule has 2 fully saturated rings. The van der Waals surface area contributed by atoms with Crippen LogP contribution in [0.3, 0.4) is 0 Å². The fourth-order valence-corrected chi connectivity index (χ4v) is 10.7. The summed E-state index contributed by atoms with van der Waals surface area (Å²) >= 11 is 8.37. The molecule has 2 atom stereocenters. The molecule has 2 aliphatic heterocycles. The van der Waals surface area contributed by atoms with Crippen LogP contribution >= 0.6 is 34.9 Å². The lowest BCUT2D eigenvalue weighted by atomic mass is 9.85. The number of thiazole rings is 2. The summed E-state index contributed by atoms with van der Waals surface area (Å²) in [5.41, 5.74) is -5.87. The van der Waals surface area contributed by atoms with Crippen molar-refractivity contribution in [3.05, 3.63) is 92.5 Å². The molecule has 2 unspecified atom stereocenters. The number of nitrogens with one attached hydrogen (secondary N) is 1. The summed E-state index contributed by atoms with van der Waals surface area (Å²) in [6, 6.07) is 5.17. The molecule has 0 bridgehead atoms. The van der Waals surface area contributed by atoms with E-state index in [0.717, 1.165) is 63.4 Å². The Balaban J connectivity index is 0.938. The molecule has 1 N–H and O–H groups in total. The fourth-order valence-electron chi connectivity index (χ4n) is 8.41. The van der Waals surface area contributed by atoms with Crippen LogP contribution in [0.15, 0.2) is 53.5 Å². The highest BCUT2D eigenvalue weighted by Gasteiger charge is 2.52. The summed E-state index contributed by atoms with van der Waals surface area (Å²) in [5.74, 6) is -5.20. The topological polar surface area (TPSA) is 154 Å². The molecule has 13 nitrogen and oxygen atoms in total. The molecular weight excluding hydrogens is 1020 g/mol. The molecule has 382 valence electrons. The van der Waals surface area contributed by atoms with Gasteiger partial charge in [0, 0.05) is 30.2 Å². The van der Waals surface area contributed by atoms with E-state index in [9.17, 15) is 40.7 Å². The van der Waals surface area contributed by atoms with Gasteiger partial charge < -0.3 is 24.6 Å². The van der Waals surface area contributed by atoms with E-state index in [2.05, 4.69) is 15.3 Å². The Morgan fingerprint density at radius 1 is 1.01 bits per heavy atom. The lowest BCUT2D eigenvalue weighted by Gasteiger charge is -2.35. The molecule has 5 heterocycles. The first kappa shape index (κ1) is 53.6. The maximum atomic E-state index is 15.9. The summed E-state index contributed by atoms with van der Waals surface area (Å²) in [5, 5.41) is 14.2. The van der Waals surface area contributed by atoms with Gasteiger partial charge in [-0.15, -0.1) is 22.7 Å². The molecule has 2 aromatic carbocycles. The summed E-state index contributed by atoms with van der Waals surface area (Å²) in [6.07, 6.45) is -7.27. The lowest BCUT2D eigenvalue weighted by Crippen LogP contribution is -2.55. The SMILES string of the molecule is Cc1ncsc1-c1csc(C2CCCN2C(=O)C(NC(=O)COCCCCOc2ccc(-c3ncc(N4C(=S)N(c5ccc(C#N)c(C(F)(F)F)c5F)C(=O)C4(C)C)cc3F)c(C(F)(F)F)c2)C(C)(C)C)n1. The number of anilines is 2. The van der Waals surface area contributed by atoms with E-state index in [4.69, 9.17) is 31.9 Å². The molecule has 7 rings (SSSR count). The standard InChI is InChI=1S/C48H46F8N8O5S3/c1-25-39(72-24-59-25)32-23-71-41(60-32)34-10-9-15-62(34)42(66)40(45(2,3)4)61-35(65)22-68-16-7-8-17-69-28-12-13-29(30(19-28)47(51,52)53)38-31(49)18-27(21-58-38)64-44(70)63(43(67)46(64,5)6)33-14-11-26(20-57)36(37(33)50)48(54,55)56/h11-14,18-19,21,23-24,34,40H,7-10,15-17,22H2,1-6H3,(H,61,65). The summed E-state index contributed by atoms with van der Waals surface area (Å²) < 4.78 is 127. The molecule has 2 saturated heterocycles. The molecule has 5 aromatic rings. The van der Waals surface area contributed by atoms with Gasteiger partial charge in [-0.05, 0) is 94.4 Å². The molecule has 0 radical (unpaired) electrons. The van der Waals surface area contributed by atoms with E-state index in [1.165, 1.54) is 48.7 Å². The maximum absolute atomic E-state index is 15.9. The van der Waals surface area contributed by atoms with Gasteiger partial charge in [0.15, 0.2) is 16.7 Å². The van der Waals surface area contributed by atoms with Crippen molar-refractivity contribution in [2.75, 3.05) is 36.2 Å². The minimum atomic E-state index is -5.33. The van der Waals surface area contributed by atoms with E-state index < -0.39 is 91.5 Å². The Bertz CT molecular complexity index is 2950. The van der Waals surface area contributed by atoms with Gasteiger partial charge in [0.25, 0.3) is 5.91 Å². The lowest BCUT2D eigenvalue weighted by molar-refractivity contribution is -0.141. The van der Waals surface area contributed by atoms with E-state index in [0.29, 0.717) is 36.4 Å². The molecule has 0 aliphatic carbocycles. The van der Waals surface area contributed by atoms with Crippen LogP contribution in [-0.2, 0) is 31.5 Å². The van der Waals surface area contributed by atoms with Gasteiger partial charge in [0.1, 0.15) is 40.2 Å². The highest BCUT2D eigenvalue weighted by Crippen LogP contribution is 2.44. The number of hydrogen-bond acceptors (Lipinski definition) is 12. The molecule has 2 aliphatic rings. The Morgan fingerprint density at radius 3 is 2.38 bits per heavy atom. The predicted molar refractivity (Wildman–Crippen MR) is 256 cm³/mol. The highest BCUT2D eigenvalue weighted by atomic mass is 32.1. The zero-order valence-corrected chi connectivity index (χ0v) is 41.9. The van der Waals surface area contributed by atoms with Crippen molar-refractivity contribution in [1.82, 2.24) is 25.2 Å². The summed E-state index contributed by atoms with van der Waals surface area (Å²) in [7, 11) is 0. The monoisotopic (exact) mass is 1060 g/mol. The number of likely N-dealkylation sites (tertiary alicyclic amines) is 1. The minimum absolute atomic E-state index is 0.0549. The van der Waals surface area contributed by atoms with E-state index in [1.54, 1.807) is 10.4 Å². The number of rotatable bonds is 15. The van der Waals surface area contributed by atoms with Crippen molar-refractivity contribution >= 4 is 69.1 Å². The first-order valence-electron chi connectivity index (χ1n) is 22.3. The third-order valence-electron chi connectivity index (χ3n) is 12.0. The number of nitriles is 1. The number of aromatic nitrogens is 3. The van der Waals surface area contributed by atoms with Crippen molar-refractivity contribution in [3.8, 4) is 33.6 Å². The van der Waals surface area contributed by atoms with Gasteiger partial charge in [-0.1, -0.05) is 20.8 Å². The molecule has 24 heteroatoms. The van der Waals surface area contributed by atoms with E-state index in [1.807, 2.05) is 33.1 Å². The van der Waals surface area contributed by atoms with Crippen LogP contribution in [0.1, 0.15) is 93.7 Å². The van der Waals surface area contributed by atoms with Gasteiger partial charge in [-0.3, -0.25) is 24.3 Å². The molecule has 0 spiro atoms. The number of ether oxygens (including phenoxy) is 2. The number of halogens is 8. The molecular formula is C48H46F8N8O5S3. The Hall–Kier alpha value is -6.16. The Morgan fingerprint density at radius 2 is 1.74 bits per heavy atom. The van der Waals surface area contributed by atoms with Gasteiger partial charge >= 0.3 is 12.4 Å². The minimum Gasteiger partial charge on any atom is -0.494 e. The number of pyridine rings is 1. The van der Waals surface area contributed by atoms with Gasteiger partial charge in [0.2, 0.25) is 11.8 Å². The normalized spacial score (nSPS) is 16.6. The van der Waals surface area contributed by atoms with Crippen LogP contribution in [0, 0.1) is 35.3 Å². The number of benzene rings is 2. The van der Waals surface area contributed by atoms with Crippen LogP contribution < -0.4 is 19.9 Å². The number of amides is 3. The van der Waals surface area contributed by atoms with Crippen molar-refractivity contribution < 1.29 is 59.0 Å². The van der Waals surface area contributed by atoms with Crippen molar-refractivity contribution in [2.45, 2.75) is 97.2 Å². The van der Waals surface area contributed by atoms with E-state index >= 15 is 8.78 Å². The van der Waals surface area contributed by atoms with Crippen LogP contribution in [-0.4, -0.2) is 80.6 Å². The second-order valence-corrected chi connectivity index (χ2v) is 20.6. The van der Waals surface area contributed by atoms with E-state index in [-0.39, 0.29) is 43.2 Å². The number of carbonyl (C=O) groups excluding carboxylic acids is 3. The zero-order valence-electron chi connectivity index (χ0n) is 39.4. The largest absolute Gasteiger partial charge is 0.494 e. The van der Waals surface area contributed by atoms with Gasteiger partial charge in [0.05, 0.1) is 69.2 Å². The number of nitrogens with zero attached hydrogens (tertiary/aromatic N) is 7. The number of hydrogen-bond donors (Lipinski definition) is 1. The average molecular weight is 1060 g/mol. The number of alkyl halides is 6.